The molecule has 1 rings (SSSR count). The second-order valence-electron chi connectivity index (χ2n) is 10.2. The summed E-state index contributed by atoms with van der Waals surface area (Å²) in [4.78, 5) is 27.1. The summed E-state index contributed by atoms with van der Waals surface area (Å²) in [6, 6.07) is -0.0894. The van der Waals surface area contributed by atoms with Gasteiger partial charge in [0.25, 0.3) is 5.91 Å². The Bertz CT molecular complexity index is 1050. The quantitative estimate of drug-likeness (QED) is 0.121. The van der Waals surface area contributed by atoms with Gasteiger partial charge < -0.3 is 20.4 Å². The van der Waals surface area contributed by atoms with Gasteiger partial charge in [-0.3, -0.25) is 9.59 Å². The standard InChI is InChI=1S/C32H48N2O4.C3H5F/c1-8-13-17-25(12-5)33-32(38)30-29(24(11-4)16-10-3)27(19-14-9-2)34(31(30)23(6)7)22-21-26(35)18-15-20-28(36)37;1-2-3-4/h8,10-14,16-17,19,23,26-27,29,35H,5,9,15,18,20-22H2,1-4,6-7H3,(H,33,38)(H,36,37);2H,1,3H2/b13-8-,16-10-,19-14+,24-11+,25-17+;. The molecule has 0 aromatic carbocycles. The third-order valence-electron chi connectivity index (χ3n) is 6.70. The molecular weight excluding hydrogens is 531 g/mol. The maximum absolute atomic E-state index is 13.9. The van der Waals surface area contributed by atoms with Gasteiger partial charge in [-0.15, -0.1) is 6.58 Å². The number of aliphatic hydroxyl groups excluding tert-OH is 1. The van der Waals surface area contributed by atoms with Crippen molar-refractivity contribution in [1.29, 1.82) is 0 Å². The Morgan fingerprint density at radius 3 is 2.29 bits per heavy atom. The van der Waals surface area contributed by atoms with Crippen molar-refractivity contribution in [2.75, 3.05) is 13.2 Å². The van der Waals surface area contributed by atoms with Crippen LogP contribution >= 0.6 is 0 Å². The first-order valence-electron chi connectivity index (χ1n) is 14.9. The first-order chi connectivity index (χ1) is 20.1. The average molecular weight is 585 g/mol. The summed E-state index contributed by atoms with van der Waals surface area (Å²) in [5, 5.41) is 22.6. The van der Waals surface area contributed by atoms with Gasteiger partial charge in [0.05, 0.1) is 12.1 Å². The molecule has 0 aromatic heterocycles. The summed E-state index contributed by atoms with van der Waals surface area (Å²) < 4.78 is 10.6. The number of aliphatic carboxylic acids is 1. The van der Waals surface area contributed by atoms with Gasteiger partial charge in [-0.25, -0.2) is 4.39 Å². The van der Waals surface area contributed by atoms with Gasteiger partial charge in [0.15, 0.2) is 0 Å². The predicted molar refractivity (Wildman–Crippen MR) is 173 cm³/mol. The molecule has 1 aliphatic rings. The summed E-state index contributed by atoms with van der Waals surface area (Å²) in [6.45, 7) is 19.3. The van der Waals surface area contributed by atoms with Gasteiger partial charge in [-0.1, -0.05) is 76.0 Å². The molecule has 1 aliphatic heterocycles. The SMILES string of the molecule is C=C/C(=C\C=C/C)NC(=O)C1=C(C(C)C)N(CCC(O)CCCC(=O)O)C(/C=C/CC)C1C(/C=C\C)=C/C.C=CCF. The Labute approximate surface area is 253 Å². The summed E-state index contributed by atoms with van der Waals surface area (Å²) >= 11 is 0. The van der Waals surface area contributed by atoms with Crippen molar-refractivity contribution >= 4 is 11.9 Å². The molecule has 1 amide bonds. The van der Waals surface area contributed by atoms with E-state index in [4.69, 9.17) is 5.11 Å². The van der Waals surface area contributed by atoms with Gasteiger partial charge in [0.2, 0.25) is 0 Å². The molecule has 0 bridgehead atoms. The number of rotatable bonds is 17. The van der Waals surface area contributed by atoms with Crippen LogP contribution in [0.15, 0.2) is 96.5 Å². The first kappa shape index (κ1) is 38.5. The fourth-order valence-electron chi connectivity index (χ4n) is 4.90. The van der Waals surface area contributed by atoms with Crippen molar-refractivity contribution in [1.82, 2.24) is 10.2 Å². The molecule has 0 aromatic rings. The van der Waals surface area contributed by atoms with Crippen molar-refractivity contribution in [3.05, 3.63) is 96.5 Å². The number of amides is 1. The molecule has 0 saturated carbocycles. The molecule has 3 N–H and O–H groups in total. The number of carboxylic acid groups (broad SMARTS) is 1. The van der Waals surface area contributed by atoms with E-state index in [1.165, 1.54) is 6.08 Å². The smallest absolute Gasteiger partial charge is 0.303 e. The minimum Gasteiger partial charge on any atom is -0.481 e. The van der Waals surface area contributed by atoms with Crippen LogP contribution in [0.3, 0.4) is 0 Å². The van der Waals surface area contributed by atoms with Crippen LogP contribution in [-0.2, 0) is 9.59 Å². The van der Waals surface area contributed by atoms with E-state index in [9.17, 15) is 19.1 Å². The lowest BCUT2D eigenvalue weighted by Gasteiger charge is -2.33. The number of nitrogens with one attached hydrogen (secondary N) is 1. The lowest BCUT2D eigenvalue weighted by Crippen LogP contribution is -2.36. The zero-order valence-corrected chi connectivity index (χ0v) is 26.5. The Hall–Kier alpha value is -3.45. The van der Waals surface area contributed by atoms with Crippen LogP contribution in [0.5, 0.6) is 0 Å². The van der Waals surface area contributed by atoms with E-state index in [0.717, 1.165) is 23.3 Å². The van der Waals surface area contributed by atoms with Crippen LogP contribution in [-0.4, -0.2) is 52.4 Å². The lowest BCUT2D eigenvalue weighted by molar-refractivity contribution is -0.137. The first-order valence-corrected chi connectivity index (χ1v) is 14.9. The second kappa shape index (κ2) is 22.2. The third kappa shape index (κ3) is 13.0. The minimum atomic E-state index is -0.852. The molecule has 234 valence electrons. The topological polar surface area (TPSA) is 89.9 Å². The number of nitrogens with zero attached hydrogens (tertiary/aromatic N) is 1. The number of hydrogen-bond acceptors (Lipinski definition) is 4. The largest absolute Gasteiger partial charge is 0.481 e. The maximum Gasteiger partial charge on any atom is 0.303 e. The fraction of sp³-hybridized carbons (Fsp3) is 0.486. The second-order valence-corrected chi connectivity index (χ2v) is 10.2. The van der Waals surface area contributed by atoms with Crippen LogP contribution in [0.2, 0.25) is 0 Å². The number of alkyl halides is 1. The highest BCUT2D eigenvalue weighted by atomic mass is 19.1. The average Bonchev–Trinajstić information content (AvgIpc) is 3.29. The fourth-order valence-corrected chi connectivity index (χ4v) is 4.90. The van der Waals surface area contributed by atoms with E-state index in [2.05, 4.69) is 68.4 Å². The highest BCUT2D eigenvalue weighted by molar-refractivity contribution is 5.97. The number of allylic oxidation sites excluding steroid dienone is 10. The van der Waals surface area contributed by atoms with Crippen LogP contribution in [0.25, 0.3) is 0 Å². The van der Waals surface area contributed by atoms with E-state index < -0.39 is 18.7 Å². The van der Waals surface area contributed by atoms with Crippen molar-refractivity contribution in [3.8, 4) is 0 Å². The van der Waals surface area contributed by atoms with Gasteiger partial charge in [0, 0.05) is 35.9 Å². The van der Waals surface area contributed by atoms with Crippen LogP contribution in [0.1, 0.15) is 73.6 Å². The molecule has 0 aliphatic carbocycles. The number of carboxylic acids is 1. The van der Waals surface area contributed by atoms with Crippen molar-refractivity contribution in [2.24, 2.45) is 11.8 Å². The van der Waals surface area contributed by atoms with Gasteiger partial charge in [0.1, 0.15) is 6.67 Å². The van der Waals surface area contributed by atoms with Crippen molar-refractivity contribution < 1.29 is 24.2 Å². The molecule has 42 heavy (non-hydrogen) atoms. The van der Waals surface area contributed by atoms with E-state index in [-0.39, 0.29) is 30.2 Å². The Kier molecular flexibility index (Phi) is 20.4. The maximum atomic E-state index is 13.9. The van der Waals surface area contributed by atoms with E-state index in [1.807, 2.05) is 45.1 Å². The molecule has 3 atom stereocenters. The monoisotopic (exact) mass is 584 g/mol. The molecular formula is C35H53FN2O4. The zero-order valence-electron chi connectivity index (χ0n) is 26.5. The Balaban J connectivity index is 0.00000393. The molecule has 6 nitrogen and oxygen atoms in total. The van der Waals surface area contributed by atoms with Crippen LogP contribution < -0.4 is 5.32 Å². The zero-order chi connectivity index (χ0) is 32.1. The molecule has 1 heterocycles. The number of carbonyl (C=O) groups excluding carboxylic acids is 1. The number of carbonyl (C=O) groups is 2. The molecule has 7 heteroatoms. The van der Waals surface area contributed by atoms with Crippen molar-refractivity contribution in [3.63, 3.8) is 0 Å². The highest BCUT2D eigenvalue weighted by Crippen LogP contribution is 2.43. The van der Waals surface area contributed by atoms with Crippen molar-refractivity contribution in [2.45, 2.75) is 85.8 Å². The van der Waals surface area contributed by atoms with E-state index in [0.29, 0.717) is 31.5 Å². The Morgan fingerprint density at radius 2 is 1.81 bits per heavy atom. The molecule has 0 saturated heterocycles. The van der Waals surface area contributed by atoms with E-state index in [1.54, 1.807) is 6.08 Å². The number of hydrogen-bond donors (Lipinski definition) is 3. The summed E-state index contributed by atoms with van der Waals surface area (Å²) in [6.07, 6.45) is 20.5. The molecule has 3 unspecified atom stereocenters. The van der Waals surface area contributed by atoms with E-state index >= 15 is 0 Å². The van der Waals surface area contributed by atoms with Gasteiger partial charge in [-0.2, -0.15) is 0 Å². The summed E-state index contributed by atoms with van der Waals surface area (Å²) in [5.74, 6) is -1.13. The summed E-state index contributed by atoms with van der Waals surface area (Å²) in [7, 11) is 0. The molecule has 0 fully saturated rings. The molecule has 0 spiro atoms. The van der Waals surface area contributed by atoms with Crippen LogP contribution in [0, 0.1) is 11.8 Å². The van der Waals surface area contributed by atoms with Crippen LogP contribution in [0.4, 0.5) is 4.39 Å². The summed E-state index contributed by atoms with van der Waals surface area (Å²) in [5.41, 5.74) is 3.38. The highest BCUT2D eigenvalue weighted by Gasteiger charge is 2.44. The minimum absolute atomic E-state index is 0.0482. The Morgan fingerprint density at radius 1 is 1.14 bits per heavy atom. The number of halogens is 1. The normalized spacial score (nSPS) is 18.6. The number of aliphatic hydroxyl groups is 1. The lowest BCUT2D eigenvalue weighted by atomic mass is 9.84. The third-order valence-corrected chi connectivity index (χ3v) is 6.70. The van der Waals surface area contributed by atoms with Gasteiger partial charge >= 0.3 is 5.97 Å². The predicted octanol–water partition coefficient (Wildman–Crippen LogP) is 7.60. The van der Waals surface area contributed by atoms with Gasteiger partial charge in [-0.05, 0) is 70.1 Å². The molecule has 0 radical (unpaired) electrons.